The topological polar surface area (TPSA) is 64.3 Å². The molecular formula is C10H22N2O2. The zero-order chi connectivity index (χ0) is 11.1. The molecule has 0 spiro atoms. The molecule has 4 heteroatoms. The van der Waals surface area contributed by atoms with Crippen molar-refractivity contribution in [2.24, 2.45) is 11.7 Å². The first kappa shape index (κ1) is 13.4. The third-order valence-electron chi connectivity index (χ3n) is 2.16. The summed E-state index contributed by atoms with van der Waals surface area (Å²) in [4.78, 5) is 10.7. The summed E-state index contributed by atoms with van der Waals surface area (Å²) in [5.74, 6) is 0.204. The van der Waals surface area contributed by atoms with Crippen molar-refractivity contribution in [3.63, 3.8) is 0 Å². The Kier molecular flexibility index (Phi) is 6.49. The van der Waals surface area contributed by atoms with E-state index in [1.54, 1.807) is 7.11 Å². The van der Waals surface area contributed by atoms with Crippen LogP contribution in [0.3, 0.4) is 0 Å². The average molecular weight is 202 g/mol. The summed E-state index contributed by atoms with van der Waals surface area (Å²) in [7, 11) is 1.68. The zero-order valence-corrected chi connectivity index (χ0v) is 9.54. The first-order chi connectivity index (χ1) is 6.47. The van der Waals surface area contributed by atoms with Gasteiger partial charge in [0.1, 0.15) is 0 Å². The lowest BCUT2D eigenvalue weighted by molar-refractivity contribution is -0.118. The van der Waals surface area contributed by atoms with E-state index in [2.05, 4.69) is 19.2 Å². The Morgan fingerprint density at radius 2 is 2.00 bits per heavy atom. The van der Waals surface area contributed by atoms with E-state index in [1.807, 2.05) is 6.92 Å². The van der Waals surface area contributed by atoms with Crippen molar-refractivity contribution in [3.05, 3.63) is 0 Å². The SMILES string of the molecule is COCC(NC(C)CC(N)=O)C(C)C. The van der Waals surface area contributed by atoms with Gasteiger partial charge >= 0.3 is 0 Å². The molecule has 0 saturated carbocycles. The number of ether oxygens (including phenoxy) is 1. The van der Waals surface area contributed by atoms with E-state index in [1.165, 1.54) is 0 Å². The predicted octanol–water partition coefficient (Wildman–Crippen LogP) is 0.511. The molecule has 2 atom stereocenters. The van der Waals surface area contributed by atoms with E-state index in [0.717, 1.165) is 0 Å². The zero-order valence-electron chi connectivity index (χ0n) is 9.54. The molecule has 0 aliphatic rings. The van der Waals surface area contributed by atoms with Gasteiger partial charge in [-0.05, 0) is 12.8 Å². The number of amides is 1. The van der Waals surface area contributed by atoms with Crippen molar-refractivity contribution in [3.8, 4) is 0 Å². The normalized spacial score (nSPS) is 15.5. The van der Waals surface area contributed by atoms with Crippen molar-refractivity contribution in [1.29, 1.82) is 0 Å². The number of methoxy groups -OCH3 is 1. The summed E-state index contributed by atoms with van der Waals surface area (Å²) >= 11 is 0. The van der Waals surface area contributed by atoms with Gasteiger partial charge in [-0.3, -0.25) is 4.79 Å². The van der Waals surface area contributed by atoms with Crippen LogP contribution in [0.2, 0.25) is 0 Å². The second-order valence-electron chi connectivity index (χ2n) is 4.04. The van der Waals surface area contributed by atoms with Crippen LogP contribution in [0.5, 0.6) is 0 Å². The lowest BCUT2D eigenvalue weighted by atomic mass is 10.0. The molecule has 0 rings (SSSR count). The molecule has 0 aliphatic carbocycles. The molecule has 1 amide bonds. The largest absolute Gasteiger partial charge is 0.383 e. The van der Waals surface area contributed by atoms with Gasteiger partial charge in [0.2, 0.25) is 5.91 Å². The van der Waals surface area contributed by atoms with Gasteiger partial charge in [-0.15, -0.1) is 0 Å². The minimum Gasteiger partial charge on any atom is -0.383 e. The molecule has 4 nitrogen and oxygen atoms in total. The summed E-state index contributed by atoms with van der Waals surface area (Å²) in [5.41, 5.74) is 5.11. The van der Waals surface area contributed by atoms with Crippen molar-refractivity contribution in [1.82, 2.24) is 5.32 Å². The molecule has 0 aliphatic heterocycles. The number of nitrogens with two attached hydrogens (primary N) is 1. The van der Waals surface area contributed by atoms with Gasteiger partial charge in [0, 0.05) is 25.6 Å². The van der Waals surface area contributed by atoms with Gasteiger partial charge in [0.05, 0.1) is 6.61 Å². The van der Waals surface area contributed by atoms with Crippen LogP contribution in [0.25, 0.3) is 0 Å². The van der Waals surface area contributed by atoms with E-state index < -0.39 is 0 Å². The Hall–Kier alpha value is -0.610. The van der Waals surface area contributed by atoms with E-state index in [4.69, 9.17) is 10.5 Å². The highest BCUT2D eigenvalue weighted by atomic mass is 16.5. The van der Waals surface area contributed by atoms with Crippen molar-refractivity contribution in [2.45, 2.75) is 39.3 Å². The molecule has 0 aromatic heterocycles. The number of nitrogens with one attached hydrogen (secondary N) is 1. The molecule has 0 aromatic rings. The van der Waals surface area contributed by atoms with Crippen LogP contribution < -0.4 is 11.1 Å². The van der Waals surface area contributed by atoms with Crippen LogP contribution in [0, 0.1) is 5.92 Å². The van der Waals surface area contributed by atoms with Crippen LogP contribution in [0.4, 0.5) is 0 Å². The number of hydrogen-bond donors (Lipinski definition) is 2. The highest BCUT2D eigenvalue weighted by Crippen LogP contribution is 2.04. The van der Waals surface area contributed by atoms with Crippen LogP contribution in [-0.4, -0.2) is 31.7 Å². The van der Waals surface area contributed by atoms with Crippen molar-refractivity contribution >= 4 is 5.91 Å². The van der Waals surface area contributed by atoms with Crippen molar-refractivity contribution < 1.29 is 9.53 Å². The first-order valence-corrected chi connectivity index (χ1v) is 5.00. The molecular weight excluding hydrogens is 180 g/mol. The Morgan fingerprint density at radius 3 is 2.36 bits per heavy atom. The first-order valence-electron chi connectivity index (χ1n) is 5.00. The standard InChI is InChI=1S/C10H22N2O2/c1-7(2)9(6-14-4)12-8(3)5-10(11)13/h7-9,12H,5-6H2,1-4H3,(H2,11,13). The minimum atomic E-state index is -0.273. The molecule has 0 saturated heterocycles. The van der Waals surface area contributed by atoms with E-state index in [9.17, 15) is 4.79 Å². The lowest BCUT2D eigenvalue weighted by Crippen LogP contribution is -2.44. The summed E-state index contributed by atoms with van der Waals surface area (Å²) in [5, 5.41) is 3.32. The van der Waals surface area contributed by atoms with Crippen LogP contribution >= 0.6 is 0 Å². The highest BCUT2D eigenvalue weighted by Gasteiger charge is 2.16. The second-order valence-corrected chi connectivity index (χ2v) is 4.04. The number of carbonyl (C=O) groups excluding carboxylic acids is 1. The average Bonchev–Trinajstić information content (AvgIpc) is 2.01. The molecule has 0 bridgehead atoms. The molecule has 2 unspecified atom stereocenters. The Bertz CT molecular complexity index is 172. The number of rotatable bonds is 7. The summed E-state index contributed by atoms with van der Waals surface area (Å²) in [6, 6.07) is 0.379. The lowest BCUT2D eigenvalue weighted by Gasteiger charge is -2.25. The molecule has 14 heavy (non-hydrogen) atoms. The number of carbonyl (C=O) groups is 1. The molecule has 3 N–H and O–H groups in total. The van der Waals surface area contributed by atoms with Crippen LogP contribution in [-0.2, 0) is 9.53 Å². The number of hydrogen-bond acceptors (Lipinski definition) is 3. The summed E-state index contributed by atoms with van der Waals surface area (Å²) in [6.07, 6.45) is 0.368. The van der Waals surface area contributed by atoms with Crippen LogP contribution in [0.1, 0.15) is 27.2 Å². The molecule has 0 aromatic carbocycles. The van der Waals surface area contributed by atoms with Gasteiger partial charge in [-0.25, -0.2) is 0 Å². The fourth-order valence-electron chi connectivity index (χ4n) is 1.34. The van der Waals surface area contributed by atoms with Gasteiger partial charge in [-0.1, -0.05) is 13.8 Å². The molecule has 0 fully saturated rings. The summed E-state index contributed by atoms with van der Waals surface area (Å²) in [6.45, 7) is 6.85. The Balaban J connectivity index is 3.95. The van der Waals surface area contributed by atoms with Gasteiger partial charge in [0.25, 0.3) is 0 Å². The fraction of sp³-hybridized carbons (Fsp3) is 0.900. The van der Waals surface area contributed by atoms with E-state index in [-0.39, 0.29) is 18.0 Å². The van der Waals surface area contributed by atoms with Crippen molar-refractivity contribution in [2.75, 3.05) is 13.7 Å². The molecule has 0 radical (unpaired) electrons. The third-order valence-corrected chi connectivity index (χ3v) is 2.16. The molecule has 0 heterocycles. The second kappa shape index (κ2) is 6.79. The highest BCUT2D eigenvalue weighted by molar-refractivity contribution is 5.74. The Morgan fingerprint density at radius 1 is 1.43 bits per heavy atom. The smallest absolute Gasteiger partial charge is 0.218 e. The molecule has 84 valence electrons. The maximum atomic E-state index is 10.7. The van der Waals surface area contributed by atoms with Gasteiger partial charge in [0.15, 0.2) is 0 Å². The monoisotopic (exact) mass is 202 g/mol. The minimum absolute atomic E-state index is 0.107. The van der Waals surface area contributed by atoms with Gasteiger partial charge in [-0.2, -0.15) is 0 Å². The maximum Gasteiger partial charge on any atom is 0.218 e. The maximum absolute atomic E-state index is 10.7. The summed E-state index contributed by atoms with van der Waals surface area (Å²) < 4.78 is 5.09. The quantitative estimate of drug-likeness (QED) is 0.632. The fourth-order valence-corrected chi connectivity index (χ4v) is 1.34. The predicted molar refractivity (Wildman–Crippen MR) is 56.9 cm³/mol. The van der Waals surface area contributed by atoms with E-state index >= 15 is 0 Å². The van der Waals surface area contributed by atoms with E-state index in [0.29, 0.717) is 18.9 Å². The van der Waals surface area contributed by atoms with Gasteiger partial charge < -0.3 is 15.8 Å². The third kappa shape index (κ3) is 5.94. The number of primary amides is 1. The Labute approximate surface area is 86.2 Å². The van der Waals surface area contributed by atoms with Crippen LogP contribution in [0.15, 0.2) is 0 Å².